The van der Waals surface area contributed by atoms with Crippen LogP contribution in [0, 0.1) is 0 Å². The molecule has 0 saturated carbocycles. The molecule has 0 amide bonds. The number of rotatable bonds is 14. The third kappa shape index (κ3) is 7.91. The van der Waals surface area contributed by atoms with Crippen LogP contribution in [0.25, 0.3) is 22.9 Å². The predicted octanol–water partition coefficient (Wildman–Crippen LogP) is 5.56. The van der Waals surface area contributed by atoms with E-state index in [-0.39, 0.29) is 6.61 Å². The number of benzene rings is 3. The Morgan fingerprint density at radius 1 is 0.868 bits per heavy atom. The molecule has 1 aromatic heterocycles. The van der Waals surface area contributed by atoms with Crippen molar-refractivity contribution in [2.24, 2.45) is 0 Å². The number of hydrogen-bond acceptors (Lipinski definition) is 4. The van der Waals surface area contributed by atoms with Gasteiger partial charge < -0.3 is 20.1 Å². The Morgan fingerprint density at radius 3 is 2.29 bits per heavy atom. The van der Waals surface area contributed by atoms with E-state index in [1.54, 1.807) is 0 Å². The standard InChI is InChI=1S/C33H40N3O2/c1-3-36(4-2)30-17-15-27(16-18-30)13-14-28-19-23-35(24-20-28)22-8-21-34-25-31(37)26-38-33-12-7-10-29-9-5-6-11-32(29)33/h5-7,9-20,23-24,31,34,37H,3-4,8,21-22,25-26H2,1-2H3/q+1. The van der Waals surface area contributed by atoms with Crippen LogP contribution in [0.1, 0.15) is 31.4 Å². The summed E-state index contributed by atoms with van der Waals surface area (Å²) in [5.41, 5.74) is 3.65. The minimum Gasteiger partial charge on any atom is -0.490 e. The average Bonchev–Trinajstić information content (AvgIpc) is 2.96. The highest BCUT2D eigenvalue weighted by molar-refractivity contribution is 5.88. The number of nitrogens with one attached hydrogen (secondary N) is 1. The first-order valence-electron chi connectivity index (χ1n) is 13.7. The van der Waals surface area contributed by atoms with E-state index >= 15 is 0 Å². The van der Waals surface area contributed by atoms with Crippen molar-refractivity contribution in [3.63, 3.8) is 0 Å². The van der Waals surface area contributed by atoms with Gasteiger partial charge in [-0.2, -0.15) is 0 Å². The first kappa shape index (κ1) is 27.4. The fourth-order valence-electron chi connectivity index (χ4n) is 4.53. The van der Waals surface area contributed by atoms with Crippen LogP contribution in [0.15, 0.2) is 91.3 Å². The number of pyridine rings is 1. The van der Waals surface area contributed by atoms with Crippen molar-refractivity contribution >= 4 is 28.6 Å². The van der Waals surface area contributed by atoms with Gasteiger partial charge >= 0.3 is 0 Å². The molecule has 4 aromatic rings. The molecule has 0 fully saturated rings. The summed E-state index contributed by atoms with van der Waals surface area (Å²) in [5, 5.41) is 15.9. The van der Waals surface area contributed by atoms with Crippen LogP contribution < -0.4 is 19.5 Å². The zero-order valence-electron chi connectivity index (χ0n) is 22.6. The maximum Gasteiger partial charge on any atom is 0.169 e. The second-order valence-electron chi connectivity index (χ2n) is 9.47. The van der Waals surface area contributed by atoms with Crippen molar-refractivity contribution in [3.05, 3.63) is 102 Å². The largest absolute Gasteiger partial charge is 0.490 e. The number of hydrogen-bond donors (Lipinski definition) is 2. The van der Waals surface area contributed by atoms with Crippen molar-refractivity contribution in [3.8, 4) is 5.75 Å². The molecule has 38 heavy (non-hydrogen) atoms. The number of fused-ring (bicyclic) bond motifs is 1. The molecular weight excluding hydrogens is 470 g/mol. The van der Waals surface area contributed by atoms with E-state index in [1.807, 2.05) is 30.3 Å². The third-order valence-electron chi connectivity index (χ3n) is 6.74. The molecule has 5 heteroatoms. The van der Waals surface area contributed by atoms with Gasteiger partial charge in [0.05, 0.1) is 0 Å². The van der Waals surface area contributed by atoms with Crippen LogP contribution in [0.3, 0.4) is 0 Å². The average molecular weight is 511 g/mol. The number of aryl methyl sites for hydroxylation is 1. The molecule has 0 bridgehead atoms. The third-order valence-corrected chi connectivity index (χ3v) is 6.74. The van der Waals surface area contributed by atoms with Crippen LogP contribution in [0.5, 0.6) is 5.75 Å². The van der Waals surface area contributed by atoms with E-state index in [4.69, 9.17) is 4.74 Å². The molecule has 2 N–H and O–H groups in total. The van der Waals surface area contributed by atoms with Crippen molar-refractivity contribution in [1.29, 1.82) is 0 Å². The summed E-state index contributed by atoms with van der Waals surface area (Å²) in [6, 6.07) is 27.1. The fourth-order valence-corrected chi connectivity index (χ4v) is 4.53. The number of aliphatic hydroxyl groups excluding tert-OH is 1. The summed E-state index contributed by atoms with van der Waals surface area (Å²) >= 11 is 0. The van der Waals surface area contributed by atoms with Crippen LogP contribution in [0.4, 0.5) is 5.69 Å². The molecule has 0 radical (unpaired) electrons. The molecule has 1 heterocycles. The molecule has 198 valence electrons. The number of nitrogens with zero attached hydrogens (tertiary/aromatic N) is 2. The Bertz CT molecular complexity index is 1280. The number of aromatic nitrogens is 1. The van der Waals surface area contributed by atoms with Crippen LogP contribution in [-0.2, 0) is 6.54 Å². The summed E-state index contributed by atoms with van der Waals surface area (Å²) in [7, 11) is 0. The molecular formula is C33H40N3O2+. The van der Waals surface area contributed by atoms with Gasteiger partial charge in [-0.05, 0) is 48.6 Å². The molecule has 5 nitrogen and oxygen atoms in total. The zero-order valence-corrected chi connectivity index (χ0v) is 22.6. The number of aliphatic hydroxyl groups is 1. The molecule has 0 spiro atoms. The normalized spacial score (nSPS) is 12.2. The minimum absolute atomic E-state index is 0.269. The molecule has 0 saturated heterocycles. The smallest absolute Gasteiger partial charge is 0.169 e. The first-order chi connectivity index (χ1) is 18.7. The SMILES string of the molecule is CCN(CC)c1ccc(C=Cc2cc[n+](CCCNCC(O)COc3cccc4ccccc34)cc2)cc1. The Kier molecular flexibility index (Phi) is 10.3. The van der Waals surface area contributed by atoms with E-state index in [0.717, 1.165) is 49.1 Å². The quantitative estimate of drug-likeness (QED) is 0.172. The molecule has 1 unspecified atom stereocenters. The van der Waals surface area contributed by atoms with Crippen LogP contribution in [0.2, 0.25) is 0 Å². The Hall–Kier alpha value is -3.67. The lowest BCUT2D eigenvalue weighted by atomic mass is 10.1. The summed E-state index contributed by atoms with van der Waals surface area (Å²) in [4.78, 5) is 2.35. The van der Waals surface area contributed by atoms with E-state index in [2.05, 4.69) is 102 Å². The van der Waals surface area contributed by atoms with Gasteiger partial charge in [0, 0.05) is 55.8 Å². The second-order valence-corrected chi connectivity index (χ2v) is 9.47. The number of anilines is 1. The predicted molar refractivity (Wildman–Crippen MR) is 159 cm³/mol. The van der Waals surface area contributed by atoms with Crippen molar-refractivity contribution in [2.75, 3.05) is 37.7 Å². The van der Waals surface area contributed by atoms with Gasteiger partial charge in [0.25, 0.3) is 0 Å². The lowest BCUT2D eigenvalue weighted by Crippen LogP contribution is -2.36. The second kappa shape index (κ2) is 14.3. The van der Waals surface area contributed by atoms with Crippen LogP contribution in [-0.4, -0.2) is 44.0 Å². The van der Waals surface area contributed by atoms with E-state index in [9.17, 15) is 5.11 Å². The Labute approximate surface area is 227 Å². The van der Waals surface area contributed by atoms with Gasteiger partial charge in [0.15, 0.2) is 12.4 Å². The molecule has 4 rings (SSSR count). The van der Waals surface area contributed by atoms with Gasteiger partial charge in [0.1, 0.15) is 25.0 Å². The first-order valence-corrected chi connectivity index (χ1v) is 13.7. The summed E-state index contributed by atoms with van der Waals surface area (Å²) in [6.45, 7) is 8.95. The maximum atomic E-state index is 10.3. The minimum atomic E-state index is -0.555. The topological polar surface area (TPSA) is 48.6 Å². The molecule has 1 atom stereocenters. The molecule has 0 aliphatic carbocycles. The van der Waals surface area contributed by atoms with E-state index < -0.39 is 6.10 Å². The maximum absolute atomic E-state index is 10.3. The molecule has 0 aliphatic heterocycles. The van der Waals surface area contributed by atoms with Crippen molar-refractivity contribution < 1.29 is 14.4 Å². The summed E-state index contributed by atoms with van der Waals surface area (Å²) in [6.07, 6.45) is 8.98. The lowest BCUT2D eigenvalue weighted by Gasteiger charge is -2.20. The van der Waals surface area contributed by atoms with Gasteiger partial charge in [0.2, 0.25) is 0 Å². The van der Waals surface area contributed by atoms with E-state index in [1.165, 1.54) is 16.8 Å². The van der Waals surface area contributed by atoms with Gasteiger partial charge in [-0.25, -0.2) is 4.57 Å². The Balaban J connectivity index is 1.14. The van der Waals surface area contributed by atoms with Crippen LogP contribution >= 0.6 is 0 Å². The van der Waals surface area contributed by atoms with Gasteiger partial charge in [-0.3, -0.25) is 0 Å². The highest BCUT2D eigenvalue weighted by atomic mass is 16.5. The summed E-state index contributed by atoms with van der Waals surface area (Å²) < 4.78 is 8.08. The summed E-state index contributed by atoms with van der Waals surface area (Å²) in [5.74, 6) is 0.810. The van der Waals surface area contributed by atoms with E-state index in [0.29, 0.717) is 6.54 Å². The monoisotopic (exact) mass is 510 g/mol. The lowest BCUT2D eigenvalue weighted by molar-refractivity contribution is -0.697. The zero-order chi connectivity index (χ0) is 26.6. The highest BCUT2D eigenvalue weighted by Crippen LogP contribution is 2.25. The molecule has 3 aromatic carbocycles. The van der Waals surface area contributed by atoms with Crippen molar-refractivity contribution in [1.82, 2.24) is 5.32 Å². The van der Waals surface area contributed by atoms with Crippen molar-refractivity contribution in [2.45, 2.75) is 32.9 Å². The number of ether oxygens (including phenoxy) is 1. The van der Waals surface area contributed by atoms with Gasteiger partial charge in [-0.15, -0.1) is 0 Å². The molecule has 0 aliphatic rings. The Morgan fingerprint density at radius 2 is 1.55 bits per heavy atom. The fraction of sp³-hybridized carbons (Fsp3) is 0.303. The van der Waals surface area contributed by atoms with Gasteiger partial charge in [-0.1, -0.05) is 60.7 Å². The highest BCUT2D eigenvalue weighted by Gasteiger charge is 2.08.